The first-order valence-electron chi connectivity index (χ1n) is 8.44. The normalized spacial score (nSPS) is 16.4. The number of ether oxygens (including phenoxy) is 2. The third-order valence-corrected chi connectivity index (χ3v) is 4.43. The van der Waals surface area contributed by atoms with E-state index in [-0.39, 0.29) is 6.03 Å². The summed E-state index contributed by atoms with van der Waals surface area (Å²) in [7, 11) is 1.32. The zero-order valence-corrected chi connectivity index (χ0v) is 15.7. The van der Waals surface area contributed by atoms with Gasteiger partial charge in [-0.25, -0.2) is 9.59 Å². The Morgan fingerprint density at radius 1 is 1.07 bits per heavy atom. The second-order valence-electron chi connectivity index (χ2n) is 5.89. The van der Waals surface area contributed by atoms with Crippen LogP contribution in [0, 0.1) is 0 Å². The average Bonchev–Trinajstić information content (AvgIpc) is 2.69. The molecular formula is C20H19ClN2O4. The van der Waals surface area contributed by atoms with Crippen molar-refractivity contribution in [3.63, 3.8) is 0 Å². The molecule has 0 bridgehead atoms. The first kappa shape index (κ1) is 18.8. The minimum Gasteiger partial charge on any atom is -0.466 e. The van der Waals surface area contributed by atoms with Gasteiger partial charge in [0.05, 0.1) is 18.7 Å². The molecule has 0 aliphatic carbocycles. The summed E-state index contributed by atoms with van der Waals surface area (Å²) in [6.45, 7) is 1.87. The quantitative estimate of drug-likeness (QED) is 0.750. The number of urea groups is 1. The number of hydrogen-bond acceptors (Lipinski definition) is 4. The number of nitrogens with one attached hydrogen (secondary N) is 2. The molecule has 1 aliphatic rings. The van der Waals surface area contributed by atoms with E-state index in [9.17, 15) is 9.59 Å². The van der Waals surface area contributed by atoms with Gasteiger partial charge in [-0.1, -0.05) is 30.7 Å². The number of carbonyl (C=O) groups is 2. The topological polar surface area (TPSA) is 76.7 Å². The molecule has 2 aromatic carbocycles. The number of amides is 2. The molecule has 0 aromatic heterocycles. The molecule has 0 saturated heterocycles. The average molecular weight is 387 g/mol. The summed E-state index contributed by atoms with van der Waals surface area (Å²) < 4.78 is 10.7. The van der Waals surface area contributed by atoms with Crippen molar-refractivity contribution in [1.29, 1.82) is 0 Å². The number of benzene rings is 2. The van der Waals surface area contributed by atoms with E-state index in [2.05, 4.69) is 10.6 Å². The Balaban J connectivity index is 1.87. The van der Waals surface area contributed by atoms with E-state index in [1.165, 1.54) is 7.11 Å². The van der Waals surface area contributed by atoms with Crippen LogP contribution in [0.2, 0.25) is 5.02 Å². The van der Waals surface area contributed by atoms with Gasteiger partial charge in [0, 0.05) is 10.7 Å². The van der Waals surface area contributed by atoms with Gasteiger partial charge in [0.2, 0.25) is 0 Å². The van der Waals surface area contributed by atoms with Crippen molar-refractivity contribution < 1.29 is 19.1 Å². The molecule has 6 nitrogen and oxygen atoms in total. The second kappa shape index (κ2) is 8.14. The van der Waals surface area contributed by atoms with E-state index in [1.807, 2.05) is 6.92 Å². The number of methoxy groups -OCH3 is 1. The van der Waals surface area contributed by atoms with Gasteiger partial charge in [-0.15, -0.1) is 0 Å². The maximum Gasteiger partial charge on any atom is 0.337 e. The van der Waals surface area contributed by atoms with Crippen molar-refractivity contribution in [1.82, 2.24) is 10.6 Å². The Morgan fingerprint density at radius 3 is 2.22 bits per heavy atom. The van der Waals surface area contributed by atoms with Gasteiger partial charge in [-0.05, 0) is 48.4 Å². The van der Waals surface area contributed by atoms with Crippen molar-refractivity contribution in [2.75, 3.05) is 7.11 Å². The van der Waals surface area contributed by atoms with Crippen molar-refractivity contribution in [2.45, 2.75) is 19.4 Å². The fourth-order valence-electron chi connectivity index (χ4n) is 2.86. The van der Waals surface area contributed by atoms with Crippen molar-refractivity contribution in [3.8, 4) is 11.5 Å². The number of rotatable bonds is 5. The molecule has 1 atom stereocenters. The monoisotopic (exact) mass is 386 g/mol. The van der Waals surface area contributed by atoms with Gasteiger partial charge in [0.1, 0.15) is 11.5 Å². The highest BCUT2D eigenvalue weighted by Gasteiger charge is 2.32. The van der Waals surface area contributed by atoms with Crippen molar-refractivity contribution in [2.24, 2.45) is 0 Å². The fourth-order valence-corrected chi connectivity index (χ4v) is 2.99. The summed E-state index contributed by atoms with van der Waals surface area (Å²) in [5.41, 5.74) is 1.70. The Morgan fingerprint density at radius 2 is 1.67 bits per heavy atom. The summed E-state index contributed by atoms with van der Waals surface area (Å²) in [6, 6.07) is 13.2. The molecule has 0 spiro atoms. The third-order valence-electron chi connectivity index (χ3n) is 4.18. The molecule has 140 valence electrons. The number of hydrogen-bond donors (Lipinski definition) is 2. The Labute approximate surface area is 162 Å². The van der Waals surface area contributed by atoms with E-state index < -0.39 is 12.0 Å². The van der Waals surface area contributed by atoms with Gasteiger partial charge in [0.25, 0.3) is 0 Å². The molecule has 0 radical (unpaired) electrons. The van der Waals surface area contributed by atoms with Crippen LogP contribution < -0.4 is 15.4 Å². The zero-order valence-electron chi connectivity index (χ0n) is 14.9. The predicted octanol–water partition coefficient (Wildman–Crippen LogP) is 4.32. The van der Waals surface area contributed by atoms with E-state index in [0.29, 0.717) is 34.2 Å². The molecule has 0 saturated carbocycles. The van der Waals surface area contributed by atoms with E-state index in [4.69, 9.17) is 21.1 Å². The molecule has 1 aliphatic heterocycles. The minimum absolute atomic E-state index is 0.356. The van der Waals surface area contributed by atoms with Crippen LogP contribution in [0.5, 0.6) is 11.5 Å². The lowest BCUT2D eigenvalue weighted by molar-refractivity contribution is -0.136. The summed E-state index contributed by atoms with van der Waals surface area (Å²) in [5, 5.41) is 6.08. The molecule has 2 amide bonds. The number of halogens is 1. The Bertz CT molecular complexity index is 876. The predicted molar refractivity (Wildman–Crippen MR) is 102 cm³/mol. The minimum atomic E-state index is -0.592. The lowest BCUT2D eigenvalue weighted by atomic mass is 9.94. The van der Waals surface area contributed by atoms with Crippen LogP contribution >= 0.6 is 11.6 Å². The van der Waals surface area contributed by atoms with Crippen molar-refractivity contribution >= 4 is 23.6 Å². The summed E-state index contributed by atoms with van der Waals surface area (Å²) in [4.78, 5) is 24.2. The molecule has 7 heteroatoms. The first-order valence-corrected chi connectivity index (χ1v) is 8.82. The maximum atomic E-state index is 12.3. The number of esters is 1. The van der Waals surface area contributed by atoms with Crippen LogP contribution in [0.25, 0.3) is 0 Å². The van der Waals surface area contributed by atoms with Gasteiger partial charge in [-0.3, -0.25) is 0 Å². The summed E-state index contributed by atoms with van der Waals surface area (Å²) >= 11 is 5.87. The lowest BCUT2D eigenvalue weighted by Gasteiger charge is -2.28. The summed E-state index contributed by atoms with van der Waals surface area (Å²) in [5.74, 6) is 0.803. The summed E-state index contributed by atoms with van der Waals surface area (Å²) in [6.07, 6.45) is 0.506. The van der Waals surface area contributed by atoms with Crippen LogP contribution in [0.4, 0.5) is 4.79 Å². The van der Waals surface area contributed by atoms with Gasteiger partial charge in [0.15, 0.2) is 0 Å². The molecule has 3 rings (SSSR count). The highest BCUT2D eigenvalue weighted by molar-refractivity contribution is 6.30. The standard InChI is InChI=1S/C20H19ClN2O4/c1-3-16-17(19(24)26-2)18(23-20(25)22-16)12-4-8-14(9-5-12)27-15-10-6-13(21)7-11-15/h4-11,18H,3H2,1-2H3,(H2,22,23,25). The van der Waals surface area contributed by atoms with Crippen LogP contribution in [0.3, 0.4) is 0 Å². The molecular weight excluding hydrogens is 368 g/mol. The second-order valence-corrected chi connectivity index (χ2v) is 6.33. The number of allylic oxidation sites excluding steroid dienone is 1. The van der Waals surface area contributed by atoms with Gasteiger partial charge < -0.3 is 20.1 Å². The largest absolute Gasteiger partial charge is 0.466 e. The molecule has 2 aromatic rings. The lowest BCUT2D eigenvalue weighted by Crippen LogP contribution is -2.45. The molecule has 0 fully saturated rings. The highest BCUT2D eigenvalue weighted by atomic mass is 35.5. The van der Waals surface area contributed by atoms with Crippen LogP contribution in [-0.4, -0.2) is 19.1 Å². The Kier molecular flexibility index (Phi) is 5.66. The smallest absolute Gasteiger partial charge is 0.337 e. The number of carbonyl (C=O) groups excluding carboxylic acids is 2. The van der Waals surface area contributed by atoms with Gasteiger partial charge in [-0.2, -0.15) is 0 Å². The molecule has 1 heterocycles. The van der Waals surface area contributed by atoms with Crippen LogP contribution in [-0.2, 0) is 9.53 Å². The zero-order chi connectivity index (χ0) is 19.4. The molecule has 2 N–H and O–H groups in total. The molecule has 27 heavy (non-hydrogen) atoms. The highest BCUT2D eigenvalue weighted by Crippen LogP contribution is 2.31. The maximum absolute atomic E-state index is 12.3. The first-order chi connectivity index (χ1) is 13.0. The van der Waals surface area contributed by atoms with E-state index in [0.717, 1.165) is 5.56 Å². The van der Waals surface area contributed by atoms with Crippen LogP contribution in [0.15, 0.2) is 59.8 Å². The fraction of sp³-hybridized carbons (Fsp3) is 0.200. The van der Waals surface area contributed by atoms with Crippen molar-refractivity contribution in [3.05, 3.63) is 70.4 Å². The van der Waals surface area contributed by atoms with Gasteiger partial charge >= 0.3 is 12.0 Å². The SMILES string of the molecule is CCC1=C(C(=O)OC)C(c2ccc(Oc3ccc(Cl)cc3)cc2)NC(=O)N1. The third kappa shape index (κ3) is 4.23. The van der Waals surface area contributed by atoms with Crippen LogP contribution in [0.1, 0.15) is 24.9 Å². The van der Waals surface area contributed by atoms with E-state index in [1.54, 1.807) is 48.5 Å². The molecule has 1 unspecified atom stereocenters. The Hall–Kier alpha value is -2.99. The van der Waals surface area contributed by atoms with E-state index >= 15 is 0 Å².